The summed E-state index contributed by atoms with van der Waals surface area (Å²) in [5, 5.41) is 0. The Balaban J connectivity index is 2.00. The number of allylic oxidation sites excluding steroid dienone is 1. The van der Waals surface area contributed by atoms with Crippen molar-refractivity contribution in [1.82, 2.24) is 0 Å². The molecule has 3 nitrogen and oxygen atoms in total. The summed E-state index contributed by atoms with van der Waals surface area (Å²) < 4.78 is 10.8. The van der Waals surface area contributed by atoms with Gasteiger partial charge in [0.2, 0.25) is 0 Å². The molecule has 3 atom stereocenters. The van der Waals surface area contributed by atoms with Crippen molar-refractivity contribution in [1.29, 1.82) is 0 Å². The fourth-order valence-electron chi connectivity index (χ4n) is 4.49. The number of esters is 1. The molecule has 0 aromatic heterocycles. The quantitative estimate of drug-likeness (QED) is 0.530. The summed E-state index contributed by atoms with van der Waals surface area (Å²) in [4.78, 5) is 12.0. The Bertz CT molecular complexity index is 412. The molecule has 1 spiro atoms. The van der Waals surface area contributed by atoms with Gasteiger partial charge in [-0.25, -0.2) is 4.79 Å². The van der Waals surface area contributed by atoms with Crippen LogP contribution in [0.25, 0.3) is 0 Å². The van der Waals surface area contributed by atoms with Gasteiger partial charge in [-0.15, -0.1) is 0 Å². The summed E-state index contributed by atoms with van der Waals surface area (Å²) >= 11 is 0. The summed E-state index contributed by atoms with van der Waals surface area (Å²) in [5.74, 6) is 0.288. The van der Waals surface area contributed by atoms with E-state index in [0.29, 0.717) is 17.9 Å². The van der Waals surface area contributed by atoms with Gasteiger partial charge in [-0.1, -0.05) is 26.3 Å². The molecule has 1 saturated carbocycles. The van der Waals surface area contributed by atoms with Gasteiger partial charge in [0.25, 0.3) is 0 Å². The second kappa shape index (κ2) is 3.60. The number of hydrogen-bond acceptors (Lipinski definition) is 3. The zero-order valence-corrected chi connectivity index (χ0v) is 11.5. The van der Waals surface area contributed by atoms with Crippen LogP contribution in [-0.4, -0.2) is 25.3 Å². The van der Waals surface area contributed by atoms with Crippen LogP contribution in [0.15, 0.2) is 12.2 Å². The van der Waals surface area contributed by atoms with Crippen molar-refractivity contribution >= 4 is 5.97 Å². The maximum absolute atomic E-state index is 12.0. The van der Waals surface area contributed by atoms with Gasteiger partial charge in [-0.3, -0.25) is 0 Å². The highest BCUT2D eigenvalue weighted by atomic mass is 16.6. The first-order chi connectivity index (χ1) is 8.44. The van der Waals surface area contributed by atoms with Gasteiger partial charge < -0.3 is 9.47 Å². The summed E-state index contributed by atoms with van der Waals surface area (Å²) in [5.41, 5.74) is -0.325. The Labute approximate surface area is 109 Å². The van der Waals surface area contributed by atoms with Gasteiger partial charge in [-0.05, 0) is 36.7 Å². The summed E-state index contributed by atoms with van der Waals surface area (Å²) in [6.45, 7) is 5.38. The van der Waals surface area contributed by atoms with Gasteiger partial charge in [0, 0.05) is 5.41 Å². The molecule has 2 bridgehead atoms. The molecule has 100 valence electrons. The Kier molecular flexibility index (Phi) is 2.44. The second-order valence-electron chi connectivity index (χ2n) is 6.89. The predicted molar refractivity (Wildman–Crippen MR) is 68.0 cm³/mol. The smallest absolute Gasteiger partial charge is 0.342 e. The van der Waals surface area contributed by atoms with E-state index >= 15 is 0 Å². The topological polar surface area (TPSA) is 35.5 Å². The molecule has 0 aromatic carbocycles. The number of carbonyl (C=O) groups is 1. The van der Waals surface area contributed by atoms with E-state index in [9.17, 15) is 4.79 Å². The molecule has 2 fully saturated rings. The number of methoxy groups -OCH3 is 1. The molecule has 0 N–H and O–H groups in total. The third-order valence-corrected chi connectivity index (χ3v) is 5.32. The van der Waals surface area contributed by atoms with Crippen molar-refractivity contribution in [2.45, 2.75) is 45.1 Å². The maximum Gasteiger partial charge on any atom is 0.342 e. The van der Waals surface area contributed by atoms with Crippen LogP contribution in [0.2, 0.25) is 0 Å². The van der Waals surface area contributed by atoms with Gasteiger partial charge in [0.15, 0.2) is 5.60 Å². The number of hydrogen-bond donors (Lipinski definition) is 0. The third-order valence-electron chi connectivity index (χ3n) is 5.32. The lowest BCUT2D eigenvalue weighted by Gasteiger charge is -2.50. The number of ether oxygens (including phenoxy) is 2. The normalized spacial score (nSPS) is 44.5. The largest absolute Gasteiger partial charge is 0.467 e. The van der Waals surface area contributed by atoms with Gasteiger partial charge in [0.05, 0.1) is 13.7 Å². The maximum atomic E-state index is 12.0. The van der Waals surface area contributed by atoms with E-state index < -0.39 is 5.60 Å². The molecule has 18 heavy (non-hydrogen) atoms. The van der Waals surface area contributed by atoms with Gasteiger partial charge in [0.1, 0.15) is 0 Å². The van der Waals surface area contributed by atoms with Crippen molar-refractivity contribution in [2.24, 2.45) is 16.7 Å². The summed E-state index contributed by atoms with van der Waals surface area (Å²) in [6, 6.07) is 0. The minimum Gasteiger partial charge on any atom is -0.467 e. The number of carbonyl (C=O) groups excluding carboxylic acids is 1. The molecule has 1 aliphatic heterocycles. The van der Waals surface area contributed by atoms with Crippen LogP contribution in [-0.2, 0) is 14.3 Å². The molecule has 1 saturated heterocycles. The molecule has 3 heteroatoms. The van der Waals surface area contributed by atoms with Crippen LogP contribution < -0.4 is 0 Å². The van der Waals surface area contributed by atoms with Crippen LogP contribution in [0.4, 0.5) is 0 Å². The third kappa shape index (κ3) is 1.43. The highest BCUT2D eigenvalue weighted by Crippen LogP contribution is 2.61. The van der Waals surface area contributed by atoms with Crippen molar-refractivity contribution in [3.8, 4) is 0 Å². The fourth-order valence-corrected chi connectivity index (χ4v) is 4.49. The minimum atomic E-state index is -0.793. The van der Waals surface area contributed by atoms with Crippen molar-refractivity contribution in [3.05, 3.63) is 12.2 Å². The fraction of sp³-hybridized carbons (Fsp3) is 0.800. The highest BCUT2D eigenvalue weighted by molar-refractivity contribution is 5.83. The Morgan fingerprint density at radius 1 is 1.39 bits per heavy atom. The molecule has 0 radical (unpaired) electrons. The SMILES string of the molecule is COC(=O)[C@]12C=C[C@@H]3C(C)(C)CCC[C@@]3(CO1)C2. The van der Waals surface area contributed by atoms with Crippen LogP contribution in [0.3, 0.4) is 0 Å². The lowest BCUT2D eigenvalue weighted by molar-refractivity contribution is -0.158. The first-order valence-corrected chi connectivity index (χ1v) is 6.86. The summed E-state index contributed by atoms with van der Waals surface area (Å²) in [7, 11) is 1.44. The minimum absolute atomic E-state index is 0.157. The zero-order valence-electron chi connectivity index (χ0n) is 11.5. The Morgan fingerprint density at radius 3 is 2.89 bits per heavy atom. The molecular formula is C15H22O3. The van der Waals surface area contributed by atoms with E-state index in [1.807, 2.05) is 6.08 Å². The van der Waals surface area contributed by atoms with E-state index in [-0.39, 0.29) is 11.4 Å². The summed E-state index contributed by atoms with van der Waals surface area (Å²) in [6.07, 6.45) is 8.66. The molecule has 2 aliphatic carbocycles. The average Bonchev–Trinajstić information content (AvgIpc) is 2.61. The van der Waals surface area contributed by atoms with Gasteiger partial charge in [-0.2, -0.15) is 0 Å². The first kappa shape index (κ1) is 12.2. The monoisotopic (exact) mass is 250 g/mol. The Morgan fingerprint density at radius 2 is 2.17 bits per heavy atom. The Hall–Kier alpha value is -0.830. The van der Waals surface area contributed by atoms with Crippen LogP contribution in [0.5, 0.6) is 0 Å². The predicted octanol–water partition coefficient (Wildman–Crippen LogP) is 2.70. The van der Waals surface area contributed by atoms with E-state index in [1.54, 1.807) is 0 Å². The van der Waals surface area contributed by atoms with Gasteiger partial charge >= 0.3 is 5.97 Å². The van der Waals surface area contributed by atoms with Crippen molar-refractivity contribution < 1.29 is 14.3 Å². The molecule has 3 rings (SSSR count). The average molecular weight is 250 g/mol. The van der Waals surface area contributed by atoms with E-state index in [4.69, 9.17) is 9.47 Å². The second-order valence-corrected chi connectivity index (χ2v) is 6.89. The van der Waals surface area contributed by atoms with Crippen molar-refractivity contribution in [2.75, 3.05) is 13.7 Å². The number of rotatable bonds is 1. The highest BCUT2D eigenvalue weighted by Gasteiger charge is 2.61. The molecule has 1 heterocycles. The molecule has 0 unspecified atom stereocenters. The molecular weight excluding hydrogens is 228 g/mol. The van der Waals surface area contributed by atoms with Crippen LogP contribution in [0.1, 0.15) is 39.5 Å². The zero-order chi connectivity index (χ0) is 13.0. The van der Waals surface area contributed by atoms with Crippen LogP contribution >= 0.6 is 0 Å². The van der Waals surface area contributed by atoms with E-state index in [0.717, 1.165) is 6.42 Å². The standard InChI is InChI=1S/C15H22O3/c1-13(2)6-4-7-14-9-15(18-10-14,12(16)17-3)8-5-11(13)14/h5,8,11H,4,6-7,9-10H2,1-3H3/t11-,14+,15-/m1/s1. The van der Waals surface area contributed by atoms with E-state index in [1.165, 1.54) is 26.4 Å². The lowest BCUT2D eigenvalue weighted by Crippen LogP contribution is -2.48. The lowest BCUT2D eigenvalue weighted by atomic mass is 9.52. The van der Waals surface area contributed by atoms with E-state index in [2.05, 4.69) is 19.9 Å². The number of fused-ring (bicyclic) bond motifs is 1. The first-order valence-electron chi connectivity index (χ1n) is 6.86. The molecule has 0 amide bonds. The molecule has 3 aliphatic rings. The van der Waals surface area contributed by atoms with Crippen LogP contribution in [0, 0.1) is 16.7 Å². The molecule has 0 aromatic rings. The van der Waals surface area contributed by atoms with Crippen molar-refractivity contribution in [3.63, 3.8) is 0 Å².